The Morgan fingerprint density at radius 1 is 1.47 bits per heavy atom. The smallest absolute Gasteiger partial charge is 0.217 e. The Morgan fingerprint density at radius 2 is 2.16 bits per heavy atom. The highest BCUT2D eigenvalue weighted by Gasteiger charge is 2.18. The number of hydrogen-bond donors (Lipinski definition) is 2. The molecule has 0 atom stereocenters. The third-order valence-electron chi connectivity index (χ3n) is 3.09. The maximum absolute atomic E-state index is 12.1. The van der Waals surface area contributed by atoms with Crippen molar-refractivity contribution < 1.29 is 9.53 Å². The minimum absolute atomic E-state index is 0.0495. The van der Waals surface area contributed by atoms with Crippen LogP contribution >= 0.6 is 0 Å². The molecule has 0 spiro atoms. The van der Waals surface area contributed by atoms with Crippen LogP contribution in [0.15, 0.2) is 10.9 Å². The molecule has 104 valence electrons. The highest BCUT2D eigenvalue weighted by molar-refractivity contribution is 5.73. The molecule has 2 N–H and O–H groups in total. The fourth-order valence-electron chi connectivity index (χ4n) is 2.14. The zero-order chi connectivity index (χ0) is 13.8. The molecule has 19 heavy (non-hydrogen) atoms. The number of aromatic nitrogens is 1. The Balaban J connectivity index is 2.32. The topological polar surface area (TPSA) is 74.4 Å². The summed E-state index contributed by atoms with van der Waals surface area (Å²) in [6.07, 6.45) is 0. The van der Waals surface area contributed by atoms with Crippen LogP contribution in [0.5, 0.6) is 0 Å². The Morgan fingerprint density at radius 3 is 2.79 bits per heavy atom. The molecule has 0 saturated carbocycles. The van der Waals surface area contributed by atoms with Crippen LogP contribution in [-0.2, 0) is 16.1 Å². The highest BCUT2D eigenvalue weighted by Crippen LogP contribution is 2.16. The number of carbonyl (C=O) groups excluding carboxylic acids is 1. The molecule has 2 rings (SSSR count). The SMILES string of the molecule is CC(=O)NCc1c(N2CCOCC2)[nH]c(C)cc1=O. The van der Waals surface area contributed by atoms with Gasteiger partial charge in [0, 0.05) is 31.8 Å². The molecule has 2 heterocycles. The van der Waals surface area contributed by atoms with Crippen molar-refractivity contribution in [2.75, 3.05) is 31.2 Å². The second kappa shape index (κ2) is 5.88. The van der Waals surface area contributed by atoms with Crippen molar-refractivity contribution >= 4 is 11.7 Å². The Labute approximate surface area is 111 Å². The first kappa shape index (κ1) is 13.6. The van der Waals surface area contributed by atoms with Gasteiger partial charge in [-0.3, -0.25) is 9.59 Å². The quantitative estimate of drug-likeness (QED) is 0.816. The molecular weight excluding hydrogens is 246 g/mol. The predicted octanol–water partition coefficient (Wildman–Crippen LogP) is 0.156. The average Bonchev–Trinajstić information content (AvgIpc) is 2.37. The summed E-state index contributed by atoms with van der Waals surface area (Å²) in [6.45, 7) is 6.33. The number of morpholine rings is 1. The van der Waals surface area contributed by atoms with Gasteiger partial charge >= 0.3 is 0 Å². The van der Waals surface area contributed by atoms with Gasteiger partial charge in [0.2, 0.25) is 5.91 Å². The Kier molecular flexibility index (Phi) is 4.21. The molecule has 0 aliphatic carbocycles. The Hall–Kier alpha value is -1.82. The molecule has 6 heteroatoms. The number of carbonyl (C=O) groups is 1. The molecule has 1 aromatic rings. The molecule has 1 aromatic heterocycles. The number of pyridine rings is 1. The van der Waals surface area contributed by atoms with Crippen LogP contribution in [0, 0.1) is 6.92 Å². The van der Waals surface area contributed by atoms with E-state index in [9.17, 15) is 9.59 Å². The van der Waals surface area contributed by atoms with Crippen LogP contribution in [0.3, 0.4) is 0 Å². The van der Waals surface area contributed by atoms with E-state index in [1.165, 1.54) is 6.92 Å². The second-order valence-corrected chi connectivity index (χ2v) is 4.65. The summed E-state index contributed by atoms with van der Waals surface area (Å²) >= 11 is 0. The number of rotatable bonds is 3. The molecule has 1 amide bonds. The molecule has 1 saturated heterocycles. The maximum Gasteiger partial charge on any atom is 0.217 e. The van der Waals surface area contributed by atoms with E-state index >= 15 is 0 Å². The van der Waals surface area contributed by atoms with Crippen molar-refractivity contribution in [2.24, 2.45) is 0 Å². The summed E-state index contributed by atoms with van der Waals surface area (Å²) < 4.78 is 5.32. The average molecular weight is 265 g/mol. The minimum Gasteiger partial charge on any atom is -0.378 e. The molecule has 1 aliphatic rings. The van der Waals surface area contributed by atoms with Gasteiger partial charge in [-0.05, 0) is 6.92 Å². The minimum atomic E-state index is -0.145. The fourth-order valence-corrected chi connectivity index (χ4v) is 2.14. The molecular formula is C13H19N3O3. The summed E-state index contributed by atoms with van der Waals surface area (Å²) in [5.41, 5.74) is 1.37. The maximum atomic E-state index is 12.1. The first-order chi connectivity index (χ1) is 9.08. The lowest BCUT2D eigenvalue weighted by atomic mass is 10.2. The van der Waals surface area contributed by atoms with Crippen molar-refractivity contribution in [3.05, 3.63) is 27.5 Å². The van der Waals surface area contributed by atoms with Crippen LogP contribution in [0.1, 0.15) is 18.2 Å². The summed E-state index contributed by atoms with van der Waals surface area (Å²) in [7, 11) is 0. The number of aromatic amines is 1. The van der Waals surface area contributed by atoms with Crippen LogP contribution in [0.2, 0.25) is 0 Å². The standard InChI is InChI=1S/C13H19N3O3/c1-9-7-12(18)11(8-14-10(2)17)13(15-9)16-3-5-19-6-4-16/h7H,3-6,8H2,1-2H3,(H,14,17)(H,15,18). The molecule has 0 aromatic carbocycles. The van der Waals surface area contributed by atoms with E-state index in [-0.39, 0.29) is 17.9 Å². The first-order valence-corrected chi connectivity index (χ1v) is 6.38. The van der Waals surface area contributed by atoms with Gasteiger partial charge in [0.25, 0.3) is 0 Å². The number of ether oxygens (including phenoxy) is 1. The lowest BCUT2D eigenvalue weighted by Gasteiger charge is -2.30. The van der Waals surface area contributed by atoms with Crippen molar-refractivity contribution in [3.8, 4) is 0 Å². The van der Waals surface area contributed by atoms with Gasteiger partial charge in [0.05, 0.1) is 25.3 Å². The van der Waals surface area contributed by atoms with Gasteiger partial charge in [-0.2, -0.15) is 0 Å². The molecule has 0 unspecified atom stereocenters. The zero-order valence-electron chi connectivity index (χ0n) is 11.3. The van der Waals surface area contributed by atoms with E-state index in [0.29, 0.717) is 18.8 Å². The summed E-state index contributed by atoms with van der Waals surface area (Å²) in [4.78, 5) is 28.4. The predicted molar refractivity (Wildman–Crippen MR) is 72.4 cm³/mol. The van der Waals surface area contributed by atoms with Gasteiger partial charge < -0.3 is 19.9 Å². The van der Waals surface area contributed by atoms with E-state index in [1.807, 2.05) is 6.92 Å². The third-order valence-corrected chi connectivity index (χ3v) is 3.09. The van der Waals surface area contributed by atoms with E-state index in [2.05, 4.69) is 15.2 Å². The van der Waals surface area contributed by atoms with Gasteiger partial charge in [0.15, 0.2) is 5.43 Å². The van der Waals surface area contributed by atoms with Crippen LogP contribution in [-0.4, -0.2) is 37.2 Å². The summed E-state index contributed by atoms with van der Waals surface area (Å²) in [6, 6.07) is 1.56. The number of H-pyrrole nitrogens is 1. The normalized spacial score (nSPS) is 15.4. The number of anilines is 1. The van der Waals surface area contributed by atoms with Crippen LogP contribution < -0.4 is 15.6 Å². The molecule has 6 nitrogen and oxygen atoms in total. The van der Waals surface area contributed by atoms with Gasteiger partial charge in [-0.1, -0.05) is 0 Å². The van der Waals surface area contributed by atoms with Crippen molar-refractivity contribution in [2.45, 2.75) is 20.4 Å². The molecule has 1 fully saturated rings. The second-order valence-electron chi connectivity index (χ2n) is 4.65. The van der Waals surface area contributed by atoms with E-state index in [0.717, 1.165) is 24.6 Å². The monoisotopic (exact) mass is 265 g/mol. The van der Waals surface area contributed by atoms with Gasteiger partial charge in [-0.25, -0.2) is 0 Å². The van der Waals surface area contributed by atoms with Crippen LogP contribution in [0.4, 0.5) is 5.82 Å². The summed E-state index contributed by atoms with van der Waals surface area (Å²) in [5.74, 6) is 0.648. The van der Waals surface area contributed by atoms with Crippen molar-refractivity contribution in [3.63, 3.8) is 0 Å². The van der Waals surface area contributed by atoms with Gasteiger partial charge in [0.1, 0.15) is 5.82 Å². The van der Waals surface area contributed by atoms with Crippen molar-refractivity contribution in [1.82, 2.24) is 10.3 Å². The lowest BCUT2D eigenvalue weighted by molar-refractivity contribution is -0.119. The van der Waals surface area contributed by atoms with Crippen LogP contribution in [0.25, 0.3) is 0 Å². The largest absolute Gasteiger partial charge is 0.378 e. The lowest BCUT2D eigenvalue weighted by Crippen LogP contribution is -2.39. The third kappa shape index (κ3) is 3.35. The number of hydrogen-bond acceptors (Lipinski definition) is 4. The summed E-state index contributed by atoms with van der Waals surface area (Å²) in [5, 5.41) is 2.68. The Bertz CT molecular complexity index is 518. The number of nitrogens with one attached hydrogen (secondary N) is 2. The number of amides is 1. The molecule has 0 radical (unpaired) electrons. The van der Waals surface area contributed by atoms with Crippen molar-refractivity contribution in [1.29, 1.82) is 0 Å². The molecule has 1 aliphatic heterocycles. The van der Waals surface area contributed by atoms with Gasteiger partial charge in [-0.15, -0.1) is 0 Å². The molecule has 0 bridgehead atoms. The number of nitrogens with zero attached hydrogens (tertiary/aromatic N) is 1. The van der Waals surface area contributed by atoms with E-state index in [1.54, 1.807) is 6.07 Å². The zero-order valence-corrected chi connectivity index (χ0v) is 11.3. The van der Waals surface area contributed by atoms with E-state index in [4.69, 9.17) is 4.74 Å². The fraction of sp³-hybridized carbons (Fsp3) is 0.538. The number of aryl methyl sites for hydroxylation is 1. The van der Waals surface area contributed by atoms with E-state index < -0.39 is 0 Å². The highest BCUT2D eigenvalue weighted by atomic mass is 16.5. The first-order valence-electron chi connectivity index (χ1n) is 6.38.